The number of esters is 1. The molecule has 272 valence electrons. The molecule has 0 spiro atoms. The number of ether oxygens (including phenoxy) is 1. The van der Waals surface area contributed by atoms with Gasteiger partial charge in [-0.2, -0.15) is 0 Å². The van der Waals surface area contributed by atoms with Crippen LogP contribution in [0.3, 0.4) is 0 Å². The monoisotopic (exact) mass is 649 g/mol. The average molecular weight is 649 g/mol. The van der Waals surface area contributed by atoms with E-state index in [0.29, 0.717) is 12.8 Å². The van der Waals surface area contributed by atoms with Gasteiger partial charge in [0, 0.05) is 6.42 Å². The molecule has 0 rings (SSSR count). The molecule has 0 aromatic heterocycles. The molecule has 0 amide bonds. The van der Waals surface area contributed by atoms with Crippen molar-refractivity contribution in [1.82, 2.24) is 0 Å². The van der Waals surface area contributed by atoms with E-state index in [0.717, 1.165) is 38.5 Å². The van der Waals surface area contributed by atoms with Gasteiger partial charge in [0.05, 0.1) is 0 Å². The highest BCUT2D eigenvalue weighted by atomic mass is 16.6. The minimum atomic E-state index is -1.00. The Hall–Kier alpha value is -1.32. The zero-order valence-corrected chi connectivity index (χ0v) is 31.2. The largest absolute Gasteiger partial charge is 0.479 e. The van der Waals surface area contributed by atoms with Crippen LogP contribution in [0.5, 0.6) is 0 Å². The van der Waals surface area contributed by atoms with Gasteiger partial charge in [-0.15, -0.1) is 0 Å². The lowest BCUT2D eigenvalue weighted by atomic mass is 10.0. The Balaban J connectivity index is 3.49. The summed E-state index contributed by atoms with van der Waals surface area (Å²) in [5.74, 6) is -1.34. The van der Waals surface area contributed by atoms with Gasteiger partial charge >= 0.3 is 11.9 Å². The highest BCUT2D eigenvalue weighted by Gasteiger charge is 2.21. The standard InChI is InChI=1S/C42H80O4/c1-3-5-7-9-11-13-15-17-19-20-21-22-23-24-25-27-29-31-33-35-37-39-41(43)46-40(42(44)45)38-36-34-32-30-28-26-18-16-14-12-10-8-6-4-2/h17,19,40H,3-16,18,20-39H2,1-2H3,(H,44,45)/b19-17-. The summed E-state index contributed by atoms with van der Waals surface area (Å²) in [6.07, 6.45) is 46.8. The Morgan fingerprint density at radius 3 is 1.11 bits per heavy atom. The Bertz CT molecular complexity index is 658. The van der Waals surface area contributed by atoms with E-state index in [9.17, 15) is 14.7 Å². The maximum atomic E-state index is 12.2. The first-order valence-corrected chi connectivity index (χ1v) is 20.7. The van der Waals surface area contributed by atoms with Crippen molar-refractivity contribution in [2.45, 2.75) is 245 Å². The fourth-order valence-electron chi connectivity index (χ4n) is 6.38. The molecule has 0 radical (unpaired) electrons. The molecule has 1 atom stereocenters. The van der Waals surface area contributed by atoms with Gasteiger partial charge in [0.1, 0.15) is 0 Å². The molecular formula is C42H80O4. The number of carboxylic acid groups (broad SMARTS) is 1. The molecule has 1 unspecified atom stereocenters. The van der Waals surface area contributed by atoms with Gasteiger partial charge in [0.15, 0.2) is 6.10 Å². The van der Waals surface area contributed by atoms with Crippen LogP contribution in [-0.2, 0) is 14.3 Å². The molecule has 0 saturated carbocycles. The highest BCUT2D eigenvalue weighted by Crippen LogP contribution is 2.16. The van der Waals surface area contributed by atoms with Crippen LogP contribution in [0.2, 0.25) is 0 Å². The molecule has 4 heteroatoms. The number of hydrogen-bond donors (Lipinski definition) is 1. The predicted molar refractivity (Wildman–Crippen MR) is 200 cm³/mol. The summed E-state index contributed by atoms with van der Waals surface area (Å²) in [7, 11) is 0. The summed E-state index contributed by atoms with van der Waals surface area (Å²) in [4.78, 5) is 23.8. The van der Waals surface area contributed by atoms with Crippen LogP contribution in [0.25, 0.3) is 0 Å². The second-order valence-corrected chi connectivity index (χ2v) is 14.2. The number of carbonyl (C=O) groups excluding carboxylic acids is 1. The molecule has 46 heavy (non-hydrogen) atoms. The normalized spacial score (nSPS) is 12.2. The minimum absolute atomic E-state index is 0.342. The second-order valence-electron chi connectivity index (χ2n) is 14.2. The molecule has 0 fully saturated rings. The maximum Gasteiger partial charge on any atom is 0.345 e. The van der Waals surface area contributed by atoms with E-state index in [-0.39, 0.29) is 5.97 Å². The third kappa shape index (κ3) is 35.5. The van der Waals surface area contributed by atoms with E-state index >= 15 is 0 Å². The van der Waals surface area contributed by atoms with Crippen LogP contribution in [0.15, 0.2) is 12.2 Å². The van der Waals surface area contributed by atoms with Crippen molar-refractivity contribution < 1.29 is 19.4 Å². The quantitative estimate of drug-likeness (QED) is 0.0411. The van der Waals surface area contributed by atoms with Crippen molar-refractivity contribution in [1.29, 1.82) is 0 Å². The molecule has 0 aliphatic carbocycles. The smallest absolute Gasteiger partial charge is 0.345 e. The lowest BCUT2D eigenvalue weighted by Gasteiger charge is -2.13. The van der Waals surface area contributed by atoms with Gasteiger partial charge in [-0.05, 0) is 44.9 Å². The fourth-order valence-corrected chi connectivity index (χ4v) is 6.38. The third-order valence-electron chi connectivity index (χ3n) is 9.51. The van der Waals surface area contributed by atoms with Gasteiger partial charge < -0.3 is 9.84 Å². The number of carboxylic acids is 1. The van der Waals surface area contributed by atoms with E-state index in [1.807, 2.05) is 0 Å². The highest BCUT2D eigenvalue weighted by molar-refractivity contribution is 5.77. The van der Waals surface area contributed by atoms with Crippen LogP contribution in [0, 0.1) is 0 Å². The van der Waals surface area contributed by atoms with Crippen LogP contribution in [0.4, 0.5) is 0 Å². The summed E-state index contributed by atoms with van der Waals surface area (Å²) in [6.45, 7) is 4.54. The van der Waals surface area contributed by atoms with Gasteiger partial charge in [-0.1, -0.05) is 199 Å². The SMILES string of the molecule is CCCCCCCC/C=C\CCCCCCCCCCCCCC(=O)OC(CCCCCCCCCCCCCCCC)C(=O)O. The van der Waals surface area contributed by atoms with E-state index in [1.165, 1.54) is 173 Å². The van der Waals surface area contributed by atoms with Crippen molar-refractivity contribution in [2.75, 3.05) is 0 Å². The predicted octanol–water partition coefficient (Wildman–Crippen LogP) is 14.2. The van der Waals surface area contributed by atoms with Crippen LogP contribution in [0.1, 0.15) is 239 Å². The minimum Gasteiger partial charge on any atom is -0.479 e. The first-order valence-electron chi connectivity index (χ1n) is 20.7. The summed E-state index contributed by atoms with van der Waals surface area (Å²) < 4.78 is 5.33. The number of aliphatic carboxylic acids is 1. The molecular weight excluding hydrogens is 568 g/mol. The van der Waals surface area contributed by atoms with Crippen molar-refractivity contribution in [3.63, 3.8) is 0 Å². The Kier molecular flexibility index (Phi) is 37.0. The van der Waals surface area contributed by atoms with Crippen molar-refractivity contribution in [3.8, 4) is 0 Å². The topological polar surface area (TPSA) is 63.6 Å². The molecule has 0 saturated heterocycles. The molecule has 0 aliphatic heterocycles. The lowest BCUT2D eigenvalue weighted by molar-refractivity contribution is -0.164. The maximum absolute atomic E-state index is 12.2. The number of rotatable bonds is 38. The summed E-state index contributed by atoms with van der Waals surface area (Å²) in [6, 6.07) is 0. The number of allylic oxidation sites excluding steroid dienone is 2. The molecule has 4 nitrogen and oxygen atoms in total. The van der Waals surface area contributed by atoms with Gasteiger partial charge in [0.2, 0.25) is 0 Å². The van der Waals surface area contributed by atoms with Crippen LogP contribution in [-0.4, -0.2) is 23.1 Å². The zero-order valence-electron chi connectivity index (χ0n) is 31.2. The van der Waals surface area contributed by atoms with Crippen LogP contribution >= 0.6 is 0 Å². The Morgan fingerprint density at radius 1 is 0.457 bits per heavy atom. The number of hydrogen-bond acceptors (Lipinski definition) is 3. The third-order valence-corrected chi connectivity index (χ3v) is 9.51. The van der Waals surface area contributed by atoms with E-state index in [4.69, 9.17) is 4.74 Å². The summed E-state index contributed by atoms with van der Waals surface area (Å²) >= 11 is 0. The van der Waals surface area contributed by atoms with Gasteiger partial charge in [-0.3, -0.25) is 4.79 Å². The van der Waals surface area contributed by atoms with E-state index in [2.05, 4.69) is 26.0 Å². The molecule has 0 aromatic rings. The average Bonchev–Trinajstić information content (AvgIpc) is 3.05. The number of carbonyl (C=O) groups is 2. The molecule has 0 heterocycles. The molecule has 0 bridgehead atoms. The first-order chi connectivity index (χ1) is 22.6. The summed E-state index contributed by atoms with van der Waals surface area (Å²) in [5, 5.41) is 9.49. The van der Waals surface area contributed by atoms with Crippen molar-refractivity contribution >= 4 is 11.9 Å². The van der Waals surface area contributed by atoms with Gasteiger partial charge in [0.25, 0.3) is 0 Å². The molecule has 0 aliphatic rings. The zero-order chi connectivity index (χ0) is 33.6. The lowest BCUT2D eigenvalue weighted by Crippen LogP contribution is -2.27. The van der Waals surface area contributed by atoms with Crippen molar-refractivity contribution in [2.24, 2.45) is 0 Å². The fraction of sp³-hybridized carbons (Fsp3) is 0.905. The van der Waals surface area contributed by atoms with Gasteiger partial charge in [-0.25, -0.2) is 4.79 Å². The molecule has 0 aromatic carbocycles. The van der Waals surface area contributed by atoms with E-state index in [1.54, 1.807) is 0 Å². The Labute approximate surface area is 287 Å². The van der Waals surface area contributed by atoms with Crippen molar-refractivity contribution in [3.05, 3.63) is 12.2 Å². The first kappa shape index (κ1) is 44.7. The van der Waals surface area contributed by atoms with E-state index < -0.39 is 12.1 Å². The molecule has 1 N–H and O–H groups in total. The summed E-state index contributed by atoms with van der Waals surface area (Å²) in [5.41, 5.74) is 0. The Morgan fingerprint density at radius 2 is 0.761 bits per heavy atom. The van der Waals surface area contributed by atoms with Crippen LogP contribution < -0.4 is 0 Å². The second kappa shape index (κ2) is 38.1. The number of unbranched alkanes of at least 4 members (excludes halogenated alkanes) is 30.